The molecule has 2 aromatic carbocycles. The summed E-state index contributed by atoms with van der Waals surface area (Å²) in [4.78, 5) is 18.0. The van der Waals surface area contributed by atoms with E-state index < -0.39 is 10.0 Å². The number of fused-ring (bicyclic) bond motifs is 1. The van der Waals surface area contributed by atoms with Crippen LogP contribution in [0.25, 0.3) is 0 Å². The number of hydrogen-bond donors (Lipinski definition) is 2. The monoisotopic (exact) mass is 398 g/mol. The fourth-order valence-electron chi connectivity index (χ4n) is 3.57. The number of para-hydroxylation sites is 1. The van der Waals surface area contributed by atoms with E-state index in [1.54, 1.807) is 35.2 Å². The van der Waals surface area contributed by atoms with Crippen LogP contribution in [0.5, 0.6) is 0 Å². The Kier molecular flexibility index (Phi) is 4.80. The van der Waals surface area contributed by atoms with E-state index in [9.17, 15) is 13.2 Å². The van der Waals surface area contributed by atoms with Crippen LogP contribution in [-0.4, -0.2) is 39.8 Å². The summed E-state index contributed by atoms with van der Waals surface area (Å²) < 4.78 is 28.7. The highest BCUT2D eigenvalue weighted by molar-refractivity contribution is 7.92. The standard InChI is InChI=1S/C20H22N4O3S/c1-14(25)24-12-9-15-13-16(7-8-19(15)24)28(26,27)23-18-6-3-2-5-17(18)20-21-10-4-11-22-20/h2-3,5-8,13,23H,4,9-12H2,1H3,(H,21,22). The van der Waals surface area contributed by atoms with Crippen molar-refractivity contribution in [3.05, 3.63) is 53.6 Å². The topological polar surface area (TPSA) is 90.9 Å². The third-order valence-corrected chi connectivity index (χ3v) is 6.32. The molecule has 8 heteroatoms. The summed E-state index contributed by atoms with van der Waals surface area (Å²) in [5.74, 6) is 0.665. The lowest BCUT2D eigenvalue weighted by atomic mass is 10.1. The number of nitrogens with one attached hydrogen (secondary N) is 2. The minimum atomic E-state index is -3.77. The van der Waals surface area contributed by atoms with E-state index in [0.717, 1.165) is 36.3 Å². The van der Waals surface area contributed by atoms with Crippen molar-refractivity contribution in [3.8, 4) is 0 Å². The Morgan fingerprint density at radius 1 is 1.21 bits per heavy atom. The predicted molar refractivity (Wildman–Crippen MR) is 109 cm³/mol. The van der Waals surface area contributed by atoms with Gasteiger partial charge in [-0.15, -0.1) is 0 Å². The number of aliphatic imine (C=N–C) groups is 1. The Morgan fingerprint density at radius 2 is 2.04 bits per heavy atom. The molecule has 0 fully saturated rings. The SMILES string of the molecule is CC(=O)N1CCc2cc(S(=O)(=O)Nc3ccccc3C3=NCCCN3)ccc21. The number of hydrogen-bond acceptors (Lipinski definition) is 5. The first kappa shape index (κ1) is 18.5. The highest BCUT2D eigenvalue weighted by atomic mass is 32.2. The molecule has 4 rings (SSSR count). The average molecular weight is 398 g/mol. The number of sulfonamides is 1. The van der Waals surface area contributed by atoms with Crippen LogP contribution >= 0.6 is 0 Å². The van der Waals surface area contributed by atoms with Gasteiger partial charge in [0.15, 0.2) is 0 Å². The zero-order valence-electron chi connectivity index (χ0n) is 15.6. The third kappa shape index (κ3) is 3.47. The average Bonchev–Trinajstić information content (AvgIpc) is 3.12. The summed E-state index contributed by atoms with van der Waals surface area (Å²) in [5, 5.41) is 3.23. The molecule has 146 valence electrons. The summed E-state index contributed by atoms with van der Waals surface area (Å²) in [5.41, 5.74) is 2.87. The van der Waals surface area contributed by atoms with Crippen molar-refractivity contribution >= 4 is 33.1 Å². The molecule has 0 unspecified atom stereocenters. The van der Waals surface area contributed by atoms with Gasteiger partial charge in [-0.3, -0.25) is 14.5 Å². The zero-order valence-corrected chi connectivity index (χ0v) is 16.4. The summed E-state index contributed by atoms with van der Waals surface area (Å²) in [6, 6.07) is 12.1. The number of rotatable bonds is 4. The van der Waals surface area contributed by atoms with Crippen molar-refractivity contribution in [2.45, 2.75) is 24.7 Å². The maximum Gasteiger partial charge on any atom is 0.261 e. The lowest BCUT2D eigenvalue weighted by Crippen LogP contribution is -2.31. The van der Waals surface area contributed by atoms with Gasteiger partial charge in [0.2, 0.25) is 5.91 Å². The lowest BCUT2D eigenvalue weighted by Gasteiger charge is -2.18. The zero-order chi connectivity index (χ0) is 19.7. The Hall–Kier alpha value is -2.87. The predicted octanol–water partition coefficient (Wildman–Crippen LogP) is 2.14. The van der Waals surface area contributed by atoms with Crippen LogP contribution in [-0.2, 0) is 21.2 Å². The Bertz CT molecular complexity index is 1060. The fraction of sp³-hybridized carbons (Fsp3) is 0.300. The molecule has 2 aliphatic heterocycles. The molecule has 2 aromatic rings. The Morgan fingerprint density at radius 3 is 2.79 bits per heavy atom. The second kappa shape index (κ2) is 7.27. The van der Waals surface area contributed by atoms with Gasteiger partial charge in [-0.2, -0.15) is 0 Å². The van der Waals surface area contributed by atoms with E-state index in [1.165, 1.54) is 6.92 Å². The number of anilines is 2. The number of carbonyl (C=O) groups is 1. The lowest BCUT2D eigenvalue weighted by molar-refractivity contribution is -0.116. The van der Waals surface area contributed by atoms with Crippen molar-refractivity contribution in [3.63, 3.8) is 0 Å². The molecule has 0 saturated heterocycles. The van der Waals surface area contributed by atoms with E-state index in [0.29, 0.717) is 24.5 Å². The number of amidine groups is 1. The molecule has 0 aromatic heterocycles. The molecule has 0 atom stereocenters. The summed E-state index contributed by atoms with van der Waals surface area (Å²) in [6.45, 7) is 3.63. The number of carbonyl (C=O) groups excluding carboxylic acids is 1. The molecule has 28 heavy (non-hydrogen) atoms. The third-order valence-electron chi connectivity index (χ3n) is 4.96. The van der Waals surface area contributed by atoms with Crippen LogP contribution in [0.1, 0.15) is 24.5 Å². The maximum atomic E-state index is 13.0. The van der Waals surface area contributed by atoms with Crippen molar-refractivity contribution in [1.82, 2.24) is 5.32 Å². The molecular formula is C20H22N4O3S. The first-order chi connectivity index (χ1) is 13.5. The Balaban J connectivity index is 1.65. The van der Waals surface area contributed by atoms with Crippen LogP contribution in [0.15, 0.2) is 52.4 Å². The minimum Gasteiger partial charge on any atom is -0.370 e. The molecule has 2 aliphatic rings. The summed E-state index contributed by atoms with van der Waals surface area (Å²) in [6.07, 6.45) is 1.61. The van der Waals surface area contributed by atoms with Crippen molar-refractivity contribution in [1.29, 1.82) is 0 Å². The van der Waals surface area contributed by atoms with Gasteiger partial charge < -0.3 is 10.2 Å². The van der Waals surface area contributed by atoms with E-state index in [-0.39, 0.29) is 10.8 Å². The first-order valence-corrected chi connectivity index (χ1v) is 10.8. The van der Waals surface area contributed by atoms with Crippen molar-refractivity contribution < 1.29 is 13.2 Å². The number of benzene rings is 2. The molecule has 0 aliphatic carbocycles. The first-order valence-electron chi connectivity index (χ1n) is 9.27. The van der Waals surface area contributed by atoms with E-state index in [2.05, 4.69) is 15.0 Å². The molecule has 0 spiro atoms. The van der Waals surface area contributed by atoms with Crippen LogP contribution < -0.4 is 14.9 Å². The van der Waals surface area contributed by atoms with Crippen LogP contribution in [0.2, 0.25) is 0 Å². The van der Waals surface area contributed by atoms with Gasteiger partial charge >= 0.3 is 0 Å². The van der Waals surface area contributed by atoms with E-state index >= 15 is 0 Å². The second-order valence-corrected chi connectivity index (χ2v) is 8.56. The van der Waals surface area contributed by atoms with E-state index in [1.807, 2.05) is 12.1 Å². The largest absolute Gasteiger partial charge is 0.370 e. The van der Waals surface area contributed by atoms with Crippen LogP contribution in [0.4, 0.5) is 11.4 Å². The van der Waals surface area contributed by atoms with Gasteiger partial charge in [-0.25, -0.2) is 8.42 Å². The fourth-order valence-corrected chi connectivity index (χ4v) is 4.70. The van der Waals surface area contributed by atoms with Gasteiger partial charge in [-0.05, 0) is 48.7 Å². The smallest absolute Gasteiger partial charge is 0.261 e. The van der Waals surface area contributed by atoms with Crippen molar-refractivity contribution in [2.24, 2.45) is 4.99 Å². The quantitative estimate of drug-likeness (QED) is 0.826. The molecule has 0 radical (unpaired) electrons. The minimum absolute atomic E-state index is 0.0397. The van der Waals surface area contributed by atoms with Gasteiger partial charge in [0.25, 0.3) is 10.0 Å². The molecule has 1 amide bonds. The van der Waals surface area contributed by atoms with Gasteiger partial charge in [0.05, 0.1) is 10.6 Å². The van der Waals surface area contributed by atoms with Gasteiger partial charge in [0.1, 0.15) is 5.84 Å². The molecular weight excluding hydrogens is 376 g/mol. The van der Waals surface area contributed by atoms with Crippen LogP contribution in [0, 0.1) is 0 Å². The number of amides is 1. The second-order valence-electron chi connectivity index (χ2n) is 6.87. The highest BCUT2D eigenvalue weighted by Crippen LogP contribution is 2.31. The van der Waals surface area contributed by atoms with Crippen molar-refractivity contribution in [2.75, 3.05) is 29.3 Å². The maximum absolute atomic E-state index is 13.0. The molecule has 0 saturated carbocycles. The molecule has 7 nitrogen and oxygen atoms in total. The summed E-state index contributed by atoms with van der Waals surface area (Å²) in [7, 11) is -3.77. The Labute approximate surface area is 164 Å². The van der Waals surface area contributed by atoms with E-state index in [4.69, 9.17) is 0 Å². The molecule has 2 N–H and O–H groups in total. The normalized spacial score (nSPS) is 16.2. The van der Waals surface area contributed by atoms with Gasteiger partial charge in [-0.1, -0.05) is 12.1 Å². The summed E-state index contributed by atoms with van der Waals surface area (Å²) >= 11 is 0. The number of nitrogens with zero attached hydrogens (tertiary/aromatic N) is 2. The van der Waals surface area contributed by atoms with Crippen LogP contribution in [0.3, 0.4) is 0 Å². The molecule has 2 heterocycles. The highest BCUT2D eigenvalue weighted by Gasteiger charge is 2.25. The van der Waals surface area contributed by atoms with Gasteiger partial charge in [0, 0.05) is 37.8 Å². The molecule has 0 bridgehead atoms.